The van der Waals surface area contributed by atoms with Gasteiger partial charge in [-0.2, -0.15) is 14.3 Å². The Morgan fingerprint density at radius 2 is 2.00 bits per heavy atom. The molecule has 20 heteroatoms. The number of aromatic amines is 1. The van der Waals surface area contributed by atoms with Gasteiger partial charge in [-0.05, 0) is 31.3 Å². The number of carbonyl (C=O) groups excluding carboxylic acids is 3. The molecular weight excluding hydrogens is 609 g/mol. The largest absolute Gasteiger partial charge is 1.00 e. The summed E-state index contributed by atoms with van der Waals surface area (Å²) in [5, 5.41) is 20.5. The zero-order valence-corrected chi connectivity index (χ0v) is 26.3. The molecule has 3 aliphatic rings. The molecule has 212 valence electrons. The molecule has 5 rings (SSSR count). The Morgan fingerprint density at radius 1 is 1.27 bits per heavy atom. The van der Waals surface area contributed by atoms with Crippen molar-refractivity contribution in [2.24, 2.45) is 12.2 Å². The predicted molar refractivity (Wildman–Crippen MR) is 142 cm³/mol. The summed E-state index contributed by atoms with van der Waals surface area (Å²) in [6.07, 6.45) is 3.43. The van der Waals surface area contributed by atoms with Gasteiger partial charge in [-0.15, -0.1) is 11.8 Å². The van der Waals surface area contributed by atoms with Crippen LogP contribution < -0.4 is 56.8 Å². The van der Waals surface area contributed by atoms with Crippen molar-refractivity contribution < 1.29 is 53.9 Å². The summed E-state index contributed by atoms with van der Waals surface area (Å²) in [7, 11) is 1.48. The van der Waals surface area contributed by atoms with Gasteiger partial charge in [-0.3, -0.25) is 33.9 Å². The third-order valence-electron chi connectivity index (χ3n) is 6.31. The first-order valence-electron chi connectivity index (χ1n) is 12.0. The SMILES string of the molecule is Cn1[nH]c(=O)c(=O)nc1SCC1=C(C(=O)[O-])N2C(=O)C(NC(=O)/C(=N/OC3CCCC3)c3nsc(N)n3)C2SC1.[Na+]. The van der Waals surface area contributed by atoms with Crippen LogP contribution in [0.1, 0.15) is 31.5 Å². The van der Waals surface area contributed by atoms with Crippen LogP contribution in [0.2, 0.25) is 0 Å². The number of aromatic nitrogens is 5. The number of aryl methyl sites for hydroxylation is 1. The fourth-order valence-corrected chi connectivity index (χ4v) is 7.21. The van der Waals surface area contributed by atoms with Crippen LogP contribution in [0.5, 0.6) is 0 Å². The second-order valence-corrected chi connectivity index (χ2v) is 11.8. The number of oxime groups is 1. The Morgan fingerprint density at radius 3 is 2.66 bits per heavy atom. The molecule has 0 radical (unpaired) electrons. The molecule has 1 saturated carbocycles. The summed E-state index contributed by atoms with van der Waals surface area (Å²) in [4.78, 5) is 75.7. The van der Waals surface area contributed by atoms with E-state index in [1.54, 1.807) is 0 Å². The van der Waals surface area contributed by atoms with Gasteiger partial charge in [0.05, 0.1) is 11.7 Å². The number of H-pyrrole nitrogens is 1. The number of nitrogens with zero attached hydrogens (tertiary/aromatic N) is 6. The van der Waals surface area contributed by atoms with E-state index in [0.29, 0.717) is 5.57 Å². The average Bonchev–Trinajstić information content (AvgIpc) is 3.60. The molecule has 16 nitrogen and oxygen atoms in total. The van der Waals surface area contributed by atoms with Gasteiger partial charge in [-0.1, -0.05) is 16.9 Å². The topological polar surface area (TPSA) is 231 Å². The molecule has 0 spiro atoms. The first kappa shape index (κ1) is 31.2. The number of carboxylic acids is 1. The summed E-state index contributed by atoms with van der Waals surface area (Å²) in [6, 6.07) is -1.05. The normalized spacial score (nSPS) is 20.8. The van der Waals surface area contributed by atoms with Gasteiger partial charge in [0.1, 0.15) is 17.5 Å². The smallest absolute Gasteiger partial charge is 0.543 e. The van der Waals surface area contributed by atoms with Gasteiger partial charge in [0.25, 0.3) is 11.8 Å². The molecule has 2 atom stereocenters. The standard InChI is InChI=1S/C21H23N9O7S3.Na/c1-29-21(25-15(32)16(33)26-29)39-7-8-6-38-18-11(17(34)30(18)12(8)19(35)36)23-14(31)10(13-24-20(22)40-28-13)27-37-9-4-2-3-5-9;/h9,11,18H,2-7H2,1H3,(H,23,31)(H,26,33)(H,35,36)(H2,22,24,28);/q;+1/p-1/b27-10+;. The van der Waals surface area contributed by atoms with Crippen LogP contribution in [-0.2, 0) is 26.3 Å². The molecule has 4 N–H and O–H groups in total. The Kier molecular flexibility index (Phi) is 9.96. The van der Waals surface area contributed by atoms with Crippen LogP contribution in [0.15, 0.2) is 31.2 Å². The predicted octanol–water partition coefficient (Wildman–Crippen LogP) is -5.23. The monoisotopic (exact) mass is 631 g/mol. The number of nitrogens with two attached hydrogens (primary N) is 1. The fraction of sp³-hybridized carbons (Fsp3) is 0.476. The van der Waals surface area contributed by atoms with Crippen molar-refractivity contribution in [3.8, 4) is 0 Å². The quantitative estimate of drug-likeness (QED) is 0.0587. The molecule has 2 fully saturated rings. The third-order valence-corrected chi connectivity index (χ3v) is 9.31. The van der Waals surface area contributed by atoms with Gasteiger partial charge in [0.2, 0.25) is 11.5 Å². The van der Waals surface area contributed by atoms with E-state index >= 15 is 0 Å². The molecule has 0 aromatic carbocycles. The molecule has 2 unspecified atom stereocenters. The Labute approximate surface area is 266 Å². The number of thioether (sulfide) groups is 2. The molecule has 2 aliphatic heterocycles. The van der Waals surface area contributed by atoms with Gasteiger partial charge >= 0.3 is 40.7 Å². The van der Waals surface area contributed by atoms with Gasteiger partial charge in [0, 0.05) is 30.1 Å². The number of carboxylic acid groups (broad SMARTS) is 1. The van der Waals surface area contributed by atoms with Crippen molar-refractivity contribution >= 4 is 63.7 Å². The minimum atomic E-state index is -1.56. The number of hydrogen-bond acceptors (Lipinski definition) is 15. The van der Waals surface area contributed by atoms with Crippen LogP contribution in [-0.4, -0.2) is 81.5 Å². The van der Waals surface area contributed by atoms with E-state index in [2.05, 4.69) is 29.9 Å². The molecule has 2 amide bonds. The van der Waals surface area contributed by atoms with Crippen molar-refractivity contribution in [3.05, 3.63) is 37.8 Å². The first-order chi connectivity index (χ1) is 19.1. The van der Waals surface area contributed by atoms with E-state index in [4.69, 9.17) is 10.6 Å². The average molecular weight is 632 g/mol. The number of amides is 2. The van der Waals surface area contributed by atoms with Crippen molar-refractivity contribution in [1.82, 2.24) is 34.3 Å². The number of nitrogen functional groups attached to an aromatic ring is 1. The van der Waals surface area contributed by atoms with E-state index in [9.17, 15) is 29.1 Å². The third kappa shape index (κ3) is 6.54. The number of nitrogens with one attached hydrogen (secondary N) is 2. The number of carbonyl (C=O) groups is 3. The van der Waals surface area contributed by atoms with E-state index in [1.165, 1.54) is 23.5 Å². The maximum Gasteiger partial charge on any atom is 1.00 e. The van der Waals surface area contributed by atoms with Crippen LogP contribution in [0.4, 0.5) is 5.13 Å². The van der Waals surface area contributed by atoms with Gasteiger partial charge in [0.15, 0.2) is 10.3 Å². The Hall–Kier alpha value is -2.71. The van der Waals surface area contributed by atoms with Crippen LogP contribution in [0.3, 0.4) is 0 Å². The molecule has 2 aromatic rings. The summed E-state index contributed by atoms with van der Waals surface area (Å²) >= 11 is 3.14. The summed E-state index contributed by atoms with van der Waals surface area (Å²) in [5.74, 6) is -2.76. The summed E-state index contributed by atoms with van der Waals surface area (Å²) in [5.41, 5.74) is 3.62. The number of rotatable bonds is 9. The van der Waals surface area contributed by atoms with Crippen molar-refractivity contribution in [2.75, 3.05) is 17.2 Å². The maximum atomic E-state index is 13.2. The first-order valence-corrected chi connectivity index (χ1v) is 14.8. The summed E-state index contributed by atoms with van der Waals surface area (Å²) < 4.78 is 5.28. The zero-order chi connectivity index (χ0) is 28.6. The number of β-lactam (4-membered cyclic amide) rings is 1. The fourth-order valence-electron chi connectivity index (χ4n) is 4.37. The van der Waals surface area contributed by atoms with Gasteiger partial charge < -0.3 is 25.8 Å². The van der Waals surface area contributed by atoms with Crippen LogP contribution in [0.25, 0.3) is 0 Å². The molecule has 4 heterocycles. The molecule has 1 saturated heterocycles. The molecule has 41 heavy (non-hydrogen) atoms. The summed E-state index contributed by atoms with van der Waals surface area (Å²) in [6.45, 7) is 0. The van der Waals surface area contributed by atoms with Crippen LogP contribution in [0, 0.1) is 0 Å². The van der Waals surface area contributed by atoms with Crippen molar-refractivity contribution in [3.63, 3.8) is 0 Å². The molecule has 2 aromatic heterocycles. The van der Waals surface area contributed by atoms with E-state index in [1.807, 2.05) is 0 Å². The van der Waals surface area contributed by atoms with Crippen LogP contribution >= 0.6 is 35.1 Å². The number of fused-ring (bicyclic) bond motifs is 1. The van der Waals surface area contributed by atoms with E-state index < -0.39 is 40.3 Å². The molecule has 1 aliphatic carbocycles. The second kappa shape index (κ2) is 13.1. The number of anilines is 1. The van der Waals surface area contributed by atoms with Gasteiger partial charge in [-0.25, -0.2) is 0 Å². The number of aliphatic carboxylic acids is 1. The van der Waals surface area contributed by atoms with E-state index in [-0.39, 0.29) is 74.7 Å². The zero-order valence-electron chi connectivity index (χ0n) is 21.8. The molecular formula is C21H22N9NaO7S3. The molecule has 0 bridgehead atoms. The maximum absolute atomic E-state index is 13.2. The van der Waals surface area contributed by atoms with E-state index in [0.717, 1.165) is 53.9 Å². The number of hydrogen-bond donors (Lipinski definition) is 3. The van der Waals surface area contributed by atoms with Crippen molar-refractivity contribution in [1.29, 1.82) is 0 Å². The second-order valence-electron chi connectivity index (χ2n) is 9.00. The van der Waals surface area contributed by atoms with Crippen molar-refractivity contribution in [2.45, 2.75) is 48.4 Å². The Bertz CT molecular complexity index is 1550. The minimum Gasteiger partial charge on any atom is -0.543 e. The Balaban J connectivity index is 0.00000387. The minimum absolute atomic E-state index is 0.